The molecule has 1 atom stereocenters. The van der Waals surface area contributed by atoms with Gasteiger partial charge in [-0.1, -0.05) is 20.3 Å². The van der Waals surface area contributed by atoms with E-state index in [0.717, 1.165) is 10.7 Å². The fourth-order valence-corrected chi connectivity index (χ4v) is 3.29. The highest BCUT2D eigenvalue weighted by molar-refractivity contribution is 7.89. The van der Waals surface area contributed by atoms with Crippen LogP contribution in [0.15, 0.2) is 0 Å². The van der Waals surface area contributed by atoms with E-state index in [-0.39, 0.29) is 13.1 Å². The Bertz CT molecular complexity index is 326. The van der Waals surface area contributed by atoms with Crippen LogP contribution in [0.2, 0.25) is 0 Å². The predicted octanol–water partition coefficient (Wildman–Crippen LogP) is -0.359. The minimum atomic E-state index is -3.52. The maximum Gasteiger partial charge on any atom is 0.232 e. The van der Waals surface area contributed by atoms with Crippen molar-refractivity contribution in [1.82, 2.24) is 4.31 Å². The highest BCUT2D eigenvalue weighted by atomic mass is 32.2. The van der Waals surface area contributed by atoms with E-state index in [4.69, 9.17) is 11.5 Å². The van der Waals surface area contributed by atoms with Gasteiger partial charge in [0.1, 0.15) is 0 Å². The molecule has 0 bridgehead atoms. The minimum Gasteiger partial charge on any atom is -0.369 e. The van der Waals surface area contributed by atoms with E-state index in [2.05, 4.69) is 0 Å². The number of sulfonamides is 1. The third-order valence-corrected chi connectivity index (χ3v) is 4.99. The van der Waals surface area contributed by atoms with Crippen molar-refractivity contribution in [1.29, 1.82) is 0 Å². The van der Waals surface area contributed by atoms with Crippen LogP contribution in [0.3, 0.4) is 0 Å². The van der Waals surface area contributed by atoms with Crippen molar-refractivity contribution in [3.8, 4) is 0 Å². The summed E-state index contributed by atoms with van der Waals surface area (Å²) in [5, 5.41) is -0.640. The average molecular weight is 265 g/mol. The van der Waals surface area contributed by atoms with E-state index in [0.29, 0.717) is 19.4 Å². The SMILES string of the molecule is CCCCN(CC(N)=O)S(=O)(=O)C(CC)CN. The van der Waals surface area contributed by atoms with Gasteiger partial charge in [-0.25, -0.2) is 8.42 Å². The lowest BCUT2D eigenvalue weighted by Crippen LogP contribution is -2.45. The topological polar surface area (TPSA) is 106 Å². The Morgan fingerprint density at radius 3 is 2.29 bits per heavy atom. The third kappa shape index (κ3) is 5.01. The number of nitrogens with zero attached hydrogens (tertiary/aromatic N) is 1. The summed E-state index contributed by atoms with van der Waals surface area (Å²) in [6.07, 6.45) is 1.98. The Labute approximate surface area is 103 Å². The predicted molar refractivity (Wildman–Crippen MR) is 67.7 cm³/mol. The number of amides is 1. The smallest absolute Gasteiger partial charge is 0.232 e. The number of carbonyl (C=O) groups excluding carboxylic acids is 1. The highest BCUT2D eigenvalue weighted by Crippen LogP contribution is 2.12. The fraction of sp³-hybridized carbons (Fsp3) is 0.900. The molecular formula is C10H23N3O3S. The molecule has 0 fully saturated rings. The molecule has 7 heteroatoms. The van der Waals surface area contributed by atoms with Gasteiger partial charge in [0.05, 0.1) is 11.8 Å². The first-order chi connectivity index (χ1) is 7.89. The Morgan fingerprint density at radius 1 is 1.35 bits per heavy atom. The van der Waals surface area contributed by atoms with Gasteiger partial charge in [0.2, 0.25) is 15.9 Å². The summed E-state index contributed by atoms with van der Waals surface area (Å²) >= 11 is 0. The number of unbranched alkanes of at least 4 members (excludes halogenated alkanes) is 1. The Kier molecular flexibility index (Phi) is 7.33. The molecule has 0 saturated carbocycles. The molecule has 0 radical (unpaired) electrons. The summed E-state index contributed by atoms with van der Waals surface area (Å²) in [5.74, 6) is -0.642. The molecule has 4 N–H and O–H groups in total. The van der Waals surface area contributed by atoms with E-state index in [1.165, 1.54) is 0 Å². The molecular weight excluding hydrogens is 242 g/mol. The van der Waals surface area contributed by atoms with Crippen LogP contribution in [0.5, 0.6) is 0 Å². The van der Waals surface area contributed by atoms with E-state index < -0.39 is 21.2 Å². The zero-order valence-electron chi connectivity index (χ0n) is 10.6. The number of rotatable bonds is 9. The van der Waals surface area contributed by atoms with Crippen molar-refractivity contribution in [3.63, 3.8) is 0 Å². The third-order valence-electron chi connectivity index (χ3n) is 2.59. The van der Waals surface area contributed by atoms with Crippen LogP contribution < -0.4 is 11.5 Å². The Morgan fingerprint density at radius 2 is 1.94 bits per heavy atom. The first kappa shape index (κ1) is 16.3. The van der Waals surface area contributed by atoms with Gasteiger partial charge in [-0.15, -0.1) is 0 Å². The van der Waals surface area contributed by atoms with Crippen LogP contribution in [0.1, 0.15) is 33.1 Å². The first-order valence-corrected chi connectivity index (χ1v) is 7.37. The molecule has 102 valence electrons. The summed E-state index contributed by atoms with van der Waals surface area (Å²) in [4.78, 5) is 10.9. The van der Waals surface area contributed by atoms with E-state index in [1.54, 1.807) is 6.92 Å². The standard InChI is InChI=1S/C10H23N3O3S/c1-3-5-6-13(8-10(12)14)17(15,16)9(4-2)7-11/h9H,3-8,11H2,1-2H3,(H2,12,14). The zero-order chi connectivity index (χ0) is 13.5. The van der Waals surface area contributed by atoms with Crippen molar-refractivity contribution < 1.29 is 13.2 Å². The zero-order valence-corrected chi connectivity index (χ0v) is 11.4. The van der Waals surface area contributed by atoms with Gasteiger partial charge in [-0.3, -0.25) is 4.79 Å². The second-order valence-corrected chi connectivity index (χ2v) is 6.18. The molecule has 0 aromatic heterocycles. The van der Waals surface area contributed by atoms with Crippen molar-refractivity contribution in [2.75, 3.05) is 19.6 Å². The Balaban J connectivity index is 4.92. The summed E-state index contributed by atoms with van der Waals surface area (Å²) in [5.41, 5.74) is 10.5. The van der Waals surface area contributed by atoms with E-state index >= 15 is 0 Å². The number of carbonyl (C=O) groups is 1. The molecule has 0 aromatic carbocycles. The van der Waals surface area contributed by atoms with Gasteiger partial charge in [0, 0.05) is 13.1 Å². The molecule has 0 heterocycles. The Hall–Kier alpha value is -0.660. The number of hydrogen-bond acceptors (Lipinski definition) is 4. The number of primary amides is 1. The molecule has 0 aliphatic heterocycles. The van der Waals surface area contributed by atoms with Gasteiger partial charge in [0.25, 0.3) is 0 Å². The lowest BCUT2D eigenvalue weighted by atomic mass is 10.3. The van der Waals surface area contributed by atoms with Crippen molar-refractivity contribution in [3.05, 3.63) is 0 Å². The van der Waals surface area contributed by atoms with Gasteiger partial charge in [-0.2, -0.15) is 4.31 Å². The van der Waals surface area contributed by atoms with Gasteiger partial charge in [-0.05, 0) is 12.8 Å². The van der Waals surface area contributed by atoms with Crippen LogP contribution in [0.4, 0.5) is 0 Å². The normalized spacial score (nSPS) is 13.9. The maximum atomic E-state index is 12.2. The maximum absolute atomic E-state index is 12.2. The number of nitrogens with two attached hydrogens (primary N) is 2. The molecule has 1 amide bonds. The minimum absolute atomic E-state index is 0.0558. The summed E-state index contributed by atoms with van der Waals surface area (Å²) in [6.45, 7) is 3.82. The molecule has 0 aliphatic rings. The molecule has 0 saturated heterocycles. The van der Waals surface area contributed by atoms with Crippen molar-refractivity contribution >= 4 is 15.9 Å². The summed E-state index contributed by atoms with van der Waals surface area (Å²) in [7, 11) is -3.52. The number of hydrogen-bond donors (Lipinski definition) is 2. The van der Waals surface area contributed by atoms with Crippen molar-refractivity contribution in [2.45, 2.75) is 38.4 Å². The molecule has 0 spiro atoms. The van der Waals surface area contributed by atoms with E-state index in [1.807, 2.05) is 6.92 Å². The monoisotopic (exact) mass is 265 g/mol. The first-order valence-electron chi connectivity index (χ1n) is 5.87. The molecule has 0 aliphatic carbocycles. The highest BCUT2D eigenvalue weighted by Gasteiger charge is 2.30. The lowest BCUT2D eigenvalue weighted by Gasteiger charge is -2.25. The van der Waals surface area contributed by atoms with Gasteiger partial charge in [0.15, 0.2) is 0 Å². The van der Waals surface area contributed by atoms with Crippen LogP contribution in [-0.4, -0.2) is 43.5 Å². The van der Waals surface area contributed by atoms with Gasteiger partial charge < -0.3 is 11.5 Å². The second kappa shape index (κ2) is 7.62. The van der Waals surface area contributed by atoms with Crippen molar-refractivity contribution in [2.24, 2.45) is 11.5 Å². The molecule has 1 unspecified atom stereocenters. The van der Waals surface area contributed by atoms with Crippen LogP contribution in [0, 0.1) is 0 Å². The molecule has 0 aromatic rings. The summed E-state index contributed by atoms with van der Waals surface area (Å²) in [6, 6.07) is 0. The summed E-state index contributed by atoms with van der Waals surface area (Å²) < 4.78 is 25.5. The molecule has 0 rings (SSSR count). The molecule has 17 heavy (non-hydrogen) atoms. The fourth-order valence-electron chi connectivity index (χ4n) is 1.51. The second-order valence-electron chi connectivity index (χ2n) is 3.96. The van der Waals surface area contributed by atoms with Crippen LogP contribution in [-0.2, 0) is 14.8 Å². The lowest BCUT2D eigenvalue weighted by molar-refractivity contribution is -0.118. The quantitative estimate of drug-likeness (QED) is 0.593. The molecule has 6 nitrogen and oxygen atoms in total. The van der Waals surface area contributed by atoms with Gasteiger partial charge >= 0.3 is 0 Å². The van der Waals surface area contributed by atoms with Crippen LogP contribution >= 0.6 is 0 Å². The largest absolute Gasteiger partial charge is 0.369 e. The average Bonchev–Trinajstić information content (AvgIpc) is 2.24. The van der Waals surface area contributed by atoms with Crippen LogP contribution in [0.25, 0.3) is 0 Å². The van der Waals surface area contributed by atoms with E-state index in [9.17, 15) is 13.2 Å².